The number of aliphatic hydroxyl groups excluding tert-OH is 2. The Labute approximate surface area is 191 Å². The van der Waals surface area contributed by atoms with Crippen LogP contribution in [0.15, 0.2) is 47.1 Å². The number of carbonyl (C=O) groups is 1. The fourth-order valence-electron chi connectivity index (χ4n) is 6.11. The average molecular weight is 443 g/mol. The van der Waals surface area contributed by atoms with Crippen LogP contribution >= 0.6 is 0 Å². The van der Waals surface area contributed by atoms with Gasteiger partial charge in [-0.15, -0.1) is 0 Å². The number of rotatable bonds is 6. The molecule has 0 aromatic carbocycles. The quantitative estimate of drug-likeness (QED) is 0.471. The van der Waals surface area contributed by atoms with Gasteiger partial charge in [0.1, 0.15) is 0 Å². The highest BCUT2D eigenvalue weighted by Crippen LogP contribution is 2.56. The molecule has 6 atom stereocenters. The van der Waals surface area contributed by atoms with Crippen molar-refractivity contribution in [2.24, 2.45) is 17.3 Å². The van der Waals surface area contributed by atoms with Crippen molar-refractivity contribution >= 4 is 5.97 Å². The molecule has 3 saturated carbocycles. The number of allylic oxidation sites excluding steroid dienone is 4. The number of hydrogen-bond acceptors (Lipinski definition) is 5. The minimum Gasteiger partial charge on any atom is -0.467 e. The lowest BCUT2D eigenvalue weighted by Crippen LogP contribution is -2.38. The van der Waals surface area contributed by atoms with Crippen LogP contribution in [0.4, 0.5) is 0 Å². The molecule has 0 radical (unpaired) electrons. The van der Waals surface area contributed by atoms with Crippen LogP contribution in [0.2, 0.25) is 0 Å². The van der Waals surface area contributed by atoms with Gasteiger partial charge in [0.05, 0.1) is 25.4 Å². The van der Waals surface area contributed by atoms with Crippen molar-refractivity contribution < 1.29 is 24.5 Å². The zero-order valence-electron chi connectivity index (χ0n) is 19.7. The van der Waals surface area contributed by atoms with E-state index in [4.69, 9.17) is 9.47 Å². The first-order valence-electron chi connectivity index (χ1n) is 12.1. The van der Waals surface area contributed by atoms with E-state index in [0.29, 0.717) is 24.7 Å². The summed E-state index contributed by atoms with van der Waals surface area (Å²) >= 11 is 0. The molecule has 4 rings (SSSR count). The lowest BCUT2D eigenvalue weighted by atomic mass is 9.63. The summed E-state index contributed by atoms with van der Waals surface area (Å²) in [6.45, 7) is 8.45. The third-order valence-electron chi connectivity index (χ3n) is 8.15. The summed E-state index contributed by atoms with van der Waals surface area (Å²) in [6, 6.07) is 0. The summed E-state index contributed by atoms with van der Waals surface area (Å²) in [6.07, 6.45) is 12.1. The topological polar surface area (TPSA) is 76.0 Å². The van der Waals surface area contributed by atoms with Crippen LogP contribution in [0.5, 0.6) is 0 Å². The lowest BCUT2D eigenvalue weighted by molar-refractivity contribution is -0.158. The number of methoxy groups -OCH3 is 1. The van der Waals surface area contributed by atoms with Gasteiger partial charge in [-0.2, -0.15) is 0 Å². The average Bonchev–Trinajstić information content (AvgIpc) is 3.53. The van der Waals surface area contributed by atoms with Crippen LogP contribution in [0.25, 0.3) is 0 Å². The molecular weight excluding hydrogens is 404 g/mol. The van der Waals surface area contributed by atoms with E-state index in [-0.39, 0.29) is 17.5 Å². The van der Waals surface area contributed by atoms with Gasteiger partial charge in [0.15, 0.2) is 6.10 Å². The van der Waals surface area contributed by atoms with Gasteiger partial charge in [0, 0.05) is 6.42 Å². The molecule has 32 heavy (non-hydrogen) atoms. The van der Waals surface area contributed by atoms with E-state index in [1.54, 1.807) is 0 Å². The van der Waals surface area contributed by atoms with E-state index in [0.717, 1.165) is 49.7 Å². The molecule has 1 unspecified atom stereocenters. The summed E-state index contributed by atoms with van der Waals surface area (Å²) in [5.74, 6) is 0.448. The number of aliphatic hydroxyl groups is 2. The Kier molecular flexibility index (Phi) is 6.81. The molecule has 4 aliphatic carbocycles. The molecule has 5 heteroatoms. The van der Waals surface area contributed by atoms with Gasteiger partial charge < -0.3 is 19.7 Å². The van der Waals surface area contributed by atoms with Crippen LogP contribution in [0.1, 0.15) is 65.2 Å². The van der Waals surface area contributed by atoms with Gasteiger partial charge in [-0.05, 0) is 85.8 Å². The Morgan fingerprint density at radius 3 is 2.75 bits per heavy atom. The summed E-state index contributed by atoms with van der Waals surface area (Å²) in [5, 5.41) is 20.2. The maximum Gasteiger partial charge on any atom is 0.335 e. The predicted octanol–water partition coefficient (Wildman–Crippen LogP) is 4.40. The second-order valence-electron chi connectivity index (χ2n) is 10.3. The van der Waals surface area contributed by atoms with Gasteiger partial charge in [-0.25, -0.2) is 4.79 Å². The zero-order chi connectivity index (χ0) is 23.0. The Morgan fingerprint density at radius 1 is 1.31 bits per heavy atom. The number of esters is 1. The van der Waals surface area contributed by atoms with Crippen molar-refractivity contribution in [3.63, 3.8) is 0 Å². The molecule has 3 fully saturated rings. The molecule has 0 aromatic rings. The van der Waals surface area contributed by atoms with Crippen molar-refractivity contribution in [1.29, 1.82) is 0 Å². The Balaban J connectivity index is 1.50. The fraction of sp³-hybridized carbons (Fsp3) is 0.667. The molecule has 5 nitrogen and oxygen atoms in total. The van der Waals surface area contributed by atoms with Gasteiger partial charge in [0.25, 0.3) is 0 Å². The maximum atomic E-state index is 12.2. The van der Waals surface area contributed by atoms with Gasteiger partial charge >= 0.3 is 5.97 Å². The fourth-order valence-corrected chi connectivity index (χ4v) is 6.11. The molecule has 0 bridgehead atoms. The SMILES string of the molecule is C=C1/C(=C\C=C2/CCC[C@]3(C)C(C(C)O[C@H](C(=O)OC)C4CC4)=CC[C@@H]23)C[C@@H](O)C[C@@H]1O. The second-order valence-corrected chi connectivity index (χ2v) is 10.3. The summed E-state index contributed by atoms with van der Waals surface area (Å²) in [5.41, 5.74) is 4.42. The number of ether oxygens (including phenoxy) is 2. The molecule has 0 aromatic heterocycles. The number of fused-ring (bicyclic) bond motifs is 1. The highest BCUT2D eigenvalue weighted by molar-refractivity contribution is 5.75. The third kappa shape index (κ3) is 4.52. The zero-order valence-corrected chi connectivity index (χ0v) is 19.7. The van der Waals surface area contributed by atoms with E-state index in [2.05, 4.69) is 38.7 Å². The van der Waals surface area contributed by atoms with Crippen LogP contribution in [-0.2, 0) is 14.3 Å². The molecule has 0 saturated heterocycles. The molecule has 2 N–H and O–H groups in total. The van der Waals surface area contributed by atoms with E-state index < -0.39 is 18.3 Å². The van der Waals surface area contributed by atoms with Crippen molar-refractivity contribution in [2.45, 2.75) is 89.6 Å². The summed E-state index contributed by atoms with van der Waals surface area (Å²) in [4.78, 5) is 12.2. The molecule has 0 amide bonds. The molecule has 0 aliphatic heterocycles. The van der Waals surface area contributed by atoms with Crippen LogP contribution in [-0.4, -0.2) is 47.7 Å². The van der Waals surface area contributed by atoms with Crippen molar-refractivity contribution in [2.75, 3.05) is 7.11 Å². The highest BCUT2D eigenvalue weighted by atomic mass is 16.6. The summed E-state index contributed by atoms with van der Waals surface area (Å²) < 4.78 is 11.3. The van der Waals surface area contributed by atoms with Crippen molar-refractivity contribution in [3.8, 4) is 0 Å². The van der Waals surface area contributed by atoms with E-state index in [9.17, 15) is 15.0 Å². The smallest absolute Gasteiger partial charge is 0.335 e. The molecule has 0 spiro atoms. The first-order valence-corrected chi connectivity index (χ1v) is 12.1. The first kappa shape index (κ1) is 23.5. The number of carbonyl (C=O) groups excluding carboxylic acids is 1. The van der Waals surface area contributed by atoms with Gasteiger partial charge in [-0.3, -0.25) is 0 Å². The lowest BCUT2D eigenvalue weighted by Gasteiger charge is -2.42. The van der Waals surface area contributed by atoms with Crippen LogP contribution < -0.4 is 0 Å². The van der Waals surface area contributed by atoms with Gasteiger partial charge in [-0.1, -0.05) is 37.3 Å². The molecule has 4 aliphatic rings. The van der Waals surface area contributed by atoms with E-state index in [1.165, 1.54) is 18.3 Å². The molecule has 0 heterocycles. The largest absolute Gasteiger partial charge is 0.467 e. The molecular formula is C27H38O5. The number of hydrogen-bond donors (Lipinski definition) is 2. The van der Waals surface area contributed by atoms with Crippen LogP contribution in [0, 0.1) is 17.3 Å². The van der Waals surface area contributed by atoms with Crippen LogP contribution in [0.3, 0.4) is 0 Å². The maximum absolute atomic E-state index is 12.2. The normalized spacial score (nSPS) is 37.2. The minimum absolute atomic E-state index is 0.0226. The highest BCUT2D eigenvalue weighted by Gasteiger charge is 2.48. The summed E-state index contributed by atoms with van der Waals surface area (Å²) in [7, 11) is 1.43. The Hall–Kier alpha value is -1.69. The van der Waals surface area contributed by atoms with E-state index >= 15 is 0 Å². The third-order valence-corrected chi connectivity index (χ3v) is 8.15. The monoisotopic (exact) mass is 442 g/mol. The second kappa shape index (κ2) is 9.28. The van der Waals surface area contributed by atoms with E-state index in [1.807, 2.05) is 0 Å². The minimum atomic E-state index is -0.660. The Bertz CT molecular complexity index is 848. The molecule has 176 valence electrons. The predicted molar refractivity (Wildman–Crippen MR) is 124 cm³/mol. The van der Waals surface area contributed by atoms with Gasteiger partial charge in [0.2, 0.25) is 0 Å². The first-order chi connectivity index (χ1) is 15.2. The Morgan fingerprint density at radius 2 is 2.06 bits per heavy atom. The van der Waals surface area contributed by atoms with Crippen molar-refractivity contribution in [3.05, 3.63) is 47.1 Å². The van der Waals surface area contributed by atoms with Crippen molar-refractivity contribution in [1.82, 2.24) is 0 Å². The standard InChI is InChI=1S/C27H38O5/c1-16-20(14-21(28)15-24(16)29)10-7-18-6-5-13-27(3)22(11-12-23(18)27)17(2)32-25(19-8-9-19)26(30)31-4/h7,10-11,17,19,21,23-25,28-29H,1,5-6,8-9,12-15H2,2-4H3/b18-7+,20-10-/t17?,21-,23+,24+,25+,27-/m1/s1.